The first-order valence-electron chi connectivity index (χ1n) is 9.35. The van der Waals surface area contributed by atoms with Gasteiger partial charge in [-0.3, -0.25) is 9.69 Å². The summed E-state index contributed by atoms with van der Waals surface area (Å²) < 4.78 is 0. The molecule has 3 heterocycles. The molecular formula is C21H26N2OS. The van der Waals surface area contributed by atoms with E-state index in [0.29, 0.717) is 18.1 Å². The molecule has 1 aromatic heterocycles. The van der Waals surface area contributed by atoms with Gasteiger partial charge in [0.15, 0.2) is 0 Å². The predicted octanol–water partition coefficient (Wildman–Crippen LogP) is 4.37. The van der Waals surface area contributed by atoms with E-state index in [1.807, 2.05) is 42.5 Å². The van der Waals surface area contributed by atoms with E-state index in [0.717, 1.165) is 24.9 Å². The lowest BCUT2D eigenvalue weighted by molar-refractivity contribution is 0.0184. The highest BCUT2D eigenvalue weighted by atomic mass is 32.1. The summed E-state index contributed by atoms with van der Waals surface area (Å²) in [7, 11) is 0. The van der Waals surface area contributed by atoms with E-state index >= 15 is 0 Å². The lowest BCUT2D eigenvalue weighted by atomic mass is 9.81. The number of benzene rings is 1. The molecule has 3 nitrogen and oxygen atoms in total. The first kappa shape index (κ1) is 16.8. The maximum atomic E-state index is 12.6. The Labute approximate surface area is 154 Å². The number of rotatable bonds is 4. The van der Waals surface area contributed by atoms with Crippen LogP contribution in [0.2, 0.25) is 0 Å². The van der Waals surface area contributed by atoms with Crippen molar-refractivity contribution in [2.24, 2.45) is 0 Å². The largest absolute Gasteiger partial charge is 0.349 e. The highest BCUT2D eigenvalue weighted by molar-refractivity contribution is 7.09. The molecule has 1 amide bonds. The van der Waals surface area contributed by atoms with Crippen LogP contribution in [0.1, 0.15) is 52.9 Å². The van der Waals surface area contributed by atoms with Crippen molar-refractivity contribution in [3.63, 3.8) is 0 Å². The minimum Gasteiger partial charge on any atom is -0.349 e. The summed E-state index contributed by atoms with van der Waals surface area (Å²) in [5.74, 6) is 0.0785. The number of hydrogen-bond acceptors (Lipinski definition) is 3. The summed E-state index contributed by atoms with van der Waals surface area (Å²) >= 11 is 1.85. The molecule has 0 aliphatic carbocycles. The van der Waals surface area contributed by atoms with Crippen molar-refractivity contribution >= 4 is 17.2 Å². The summed E-state index contributed by atoms with van der Waals surface area (Å²) in [5.41, 5.74) is 1.96. The monoisotopic (exact) mass is 354 g/mol. The van der Waals surface area contributed by atoms with E-state index in [2.05, 4.69) is 27.7 Å². The molecule has 0 saturated carbocycles. The van der Waals surface area contributed by atoms with Gasteiger partial charge < -0.3 is 5.32 Å². The molecule has 0 radical (unpaired) electrons. The van der Waals surface area contributed by atoms with Crippen LogP contribution in [-0.4, -0.2) is 28.9 Å². The van der Waals surface area contributed by atoms with E-state index < -0.39 is 0 Å². The van der Waals surface area contributed by atoms with Crippen molar-refractivity contribution in [2.45, 2.75) is 63.7 Å². The Balaban J connectivity index is 1.40. The highest BCUT2D eigenvalue weighted by Gasteiger charge is 2.38. The van der Waals surface area contributed by atoms with Crippen LogP contribution in [0.15, 0.2) is 41.8 Å². The van der Waals surface area contributed by atoms with Crippen LogP contribution >= 0.6 is 11.3 Å². The standard InChI is InChI=1S/C21H26N2OS/c1-15-7-9-16(10-8-15)21(24)22-17-12-18-4-2-5-19(13-17)23(18)14-20-6-3-11-25-20/h3,6-11,17-19H,2,4-5,12-14H2,1H3,(H,22,24)/t17?,18-,19+. The summed E-state index contributed by atoms with van der Waals surface area (Å²) in [4.78, 5) is 16.7. The molecule has 1 aromatic carbocycles. The van der Waals surface area contributed by atoms with E-state index in [1.54, 1.807) is 0 Å². The molecule has 25 heavy (non-hydrogen) atoms. The van der Waals surface area contributed by atoms with Gasteiger partial charge in [-0.2, -0.15) is 0 Å². The highest BCUT2D eigenvalue weighted by Crippen LogP contribution is 2.35. The van der Waals surface area contributed by atoms with Crippen LogP contribution in [0.4, 0.5) is 0 Å². The van der Waals surface area contributed by atoms with E-state index in [4.69, 9.17) is 0 Å². The van der Waals surface area contributed by atoms with Gasteiger partial charge in [0.05, 0.1) is 0 Å². The van der Waals surface area contributed by atoms with Crippen LogP contribution in [-0.2, 0) is 6.54 Å². The number of thiophene rings is 1. The number of hydrogen-bond donors (Lipinski definition) is 1. The van der Waals surface area contributed by atoms with Gasteiger partial charge in [0.25, 0.3) is 5.91 Å². The van der Waals surface area contributed by atoms with Gasteiger partial charge >= 0.3 is 0 Å². The van der Waals surface area contributed by atoms with Crippen LogP contribution in [0, 0.1) is 6.92 Å². The van der Waals surface area contributed by atoms with Gasteiger partial charge in [0, 0.05) is 35.1 Å². The van der Waals surface area contributed by atoms with Gasteiger partial charge in [0.2, 0.25) is 0 Å². The second-order valence-corrected chi connectivity index (χ2v) is 8.53. The molecule has 2 saturated heterocycles. The Morgan fingerprint density at radius 2 is 1.88 bits per heavy atom. The summed E-state index contributed by atoms with van der Waals surface area (Å²) in [5, 5.41) is 5.47. The Bertz CT molecular complexity index is 696. The number of aryl methyl sites for hydroxylation is 1. The fourth-order valence-corrected chi connectivity index (χ4v) is 5.12. The van der Waals surface area contributed by atoms with E-state index in [-0.39, 0.29) is 5.91 Å². The van der Waals surface area contributed by atoms with Gasteiger partial charge in [-0.05, 0) is 56.2 Å². The lowest BCUT2D eigenvalue weighted by Crippen LogP contribution is -2.56. The Morgan fingerprint density at radius 1 is 1.16 bits per heavy atom. The topological polar surface area (TPSA) is 32.3 Å². The van der Waals surface area contributed by atoms with Crippen molar-refractivity contribution in [2.75, 3.05) is 0 Å². The zero-order valence-electron chi connectivity index (χ0n) is 14.8. The molecule has 4 heteroatoms. The number of amides is 1. The van der Waals surface area contributed by atoms with E-state index in [9.17, 15) is 4.79 Å². The fraction of sp³-hybridized carbons (Fsp3) is 0.476. The molecule has 132 valence electrons. The smallest absolute Gasteiger partial charge is 0.251 e. The molecule has 2 bridgehead atoms. The van der Waals surface area contributed by atoms with Crippen molar-refractivity contribution in [3.8, 4) is 0 Å². The first-order chi connectivity index (χ1) is 12.2. The maximum Gasteiger partial charge on any atom is 0.251 e. The Kier molecular flexibility index (Phi) is 4.91. The minimum atomic E-state index is 0.0785. The summed E-state index contributed by atoms with van der Waals surface area (Å²) in [6.07, 6.45) is 6.02. The third kappa shape index (κ3) is 3.80. The second kappa shape index (κ2) is 7.30. The molecule has 1 N–H and O–H groups in total. The van der Waals surface area contributed by atoms with Crippen LogP contribution < -0.4 is 5.32 Å². The molecule has 3 atom stereocenters. The van der Waals surface area contributed by atoms with Crippen LogP contribution in [0.3, 0.4) is 0 Å². The fourth-order valence-electron chi connectivity index (χ4n) is 4.41. The average molecular weight is 355 g/mol. The predicted molar refractivity (Wildman–Crippen MR) is 103 cm³/mol. The number of carbonyl (C=O) groups excluding carboxylic acids is 1. The van der Waals surface area contributed by atoms with Gasteiger partial charge in [-0.15, -0.1) is 11.3 Å². The number of piperidine rings is 2. The quantitative estimate of drug-likeness (QED) is 0.884. The summed E-state index contributed by atoms with van der Waals surface area (Å²) in [6.45, 7) is 3.12. The summed E-state index contributed by atoms with van der Waals surface area (Å²) in [6, 6.07) is 13.8. The zero-order chi connectivity index (χ0) is 17.2. The van der Waals surface area contributed by atoms with E-state index in [1.165, 1.54) is 29.7 Å². The number of carbonyl (C=O) groups is 1. The van der Waals surface area contributed by atoms with Crippen molar-refractivity contribution in [1.82, 2.24) is 10.2 Å². The first-order valence-corrected chi connectivity index (χ1v) is 10.2. The SMILES string of the molecule is Cc1ccc(C(=O)NC2C[C@H]3CCC[C@@H](C2)N3Cc2cccs2)cc1. The Morgan fingerprint density at radius 3 is 2.52 bits per heavy atom. The number of fused-ring (bicyclic) bond motifs is 2. The molecule has 2 fully saturated rings. The molecule has 1 unspecified atom stereocenters. The minimum absolute atomic E-state index is 0.0785. The van der Waals surface area contributed by atoms with Crippen molar-refractivity contribution in [3.05, 3.63) is 57.8 Å². The maximum absolute atomic E-state index is 12.6. The molecular weight excluding hydrogens is 328 g/mol. The molecule has 0 spiro atoms. The van der Waals surface area contributed by atoms with Gasteiger partial charge in [-0.1, -0.05) is 30.2 Å². The van der Waals surface area contributed by atoms with Crippen LogP contribution in [0.5, 0.6) is 0 Å². The van der Waals surface area contributed by atoms with Crippen LogP contribution in [0.25, 0.3) is 0 Å². The lowest BCUT2D eigenvalue weighted by Gasteiger charge is -2.49. The van der Waals surface area contributed by atoms with Crippen molar-refractivity contribution in [1.29, 1.82) is 0 Å². The van der Waals surface area contributed by atoms with Gasteiger partial charge in [0.1, 0.15) is 0 Å². The molecule has 2 aromatic rings. The normalized spacial score (nSPS) is 26.4. The van der Waals surface area contributed by atoms with Crippen molar-refractivity contribution < 1.29 is 4.79 Å². The average Bonchev–Trinajstić information content (AvgIpc) is 3.09. The van der Waals surface area contributed by atoms with Gasteiger partial charge in [-0.25, -0.2) is 0 Å². The second-order valence-electron chi connectivity index (χ2n) is 7.50. The number of nitrogens with zero attached hydrogens (tertiary/aromatic N) is 1. The third-order valence-electron chi connectivity index (χ3n) is 5.69. The molecule has 2 aliphatic rings. The zero-order valence-corrected chi connectivity index (χ0v) is 15.6. The molecule has 4 rings (SSSR count). The Hall–Kier alpha value is -1.65. The number of nitrogens with one attached hydrogen (secondary N) is 1. The molecule has 2 aliphatic heterocycles. The third-order valence-corrected chi connectivity index (χ3v) is 6.55.